The van der Waals surface area contributed by atoms with Gasteiger partial charge in [-0.3, -0.25) is 9.80 Å². The Morgan fingerprint density at radius 2 is 2.05 bits per heavy atom. The minimum absolute atomic E-state index is 0.0716. The van der Waals surface area contributed by atoms with E-state index in [1.54, 1.807) is 11.3 Å². The van der Waals surface area contributed by atoms with Gasteiger partial charge >= 0.3 is 0 Å². The fraction of sp³-hybridized carbons (Fsp3) is 0.600. The summed E-state index contributed by atoms with van der Waals surface area (Å²) < 4.78 is 0. The number of hydrogen-bond acceptors (Lipinski definition) is 4. The summed E-state index contributed by atoms with van der Waals surface area (Å²) in [6.45, 7) is 7.66. The first-order valence-corrected chi connectivity index (χ1v) is 7.60. The molecule has 104 valence electrons. The zero-order valence-corrected chi connectivity index (χ0v) is 12.7. The molecule has 1 aliphatic rings. The Balaban J connectivity index is 2.04. The Hall–Kier alpha value is -0.860. The van der Waals surface area contributed by atoms with Crippen molar-refractivity contribution >= 4 is 11.3 Å². The van der Waals surface area contributed by atoms with Gasteiger partial charge in [0.05, 0.1) is 0 Å². The third kappa shape index (κ3) is 3.58. The van der Waals surface area contributed by atoms with E-state index in [1.807, 2.05) is 6.07 Å². The molecule has 19 heavy (non-hydrogen) atoms. The first kappa shape index (κ1) is 14.5. The van der Waals surface area contributed by atoms with Gasteiger partial charge in [0, 0.05) is 42.2 Å². The molecule has 1 aliphatic heterocycles. The molecule has 3 nitrogen and oxygen atoms in total. The van der Waals surface area contributed by atoms with Crippen LogP contribution in [0.25, 0.3) is 0 Å². The predicted molar refractivity (Wildman–Crippen MR) is 80.2 cm³/mol. The van der Waals surface area contributed by atoms with Crippen LogP contribution in [0.4, 0.5) is 0 Å². The zero-order chi connectivity index (χ0) is 13.8. The van der Waals surface area contributed by atoms with Crippen molar-refractivity contribution < 1.29 is 5.11 Å². The minimum Gasteiger partial charge on any atom is -0.384 e. The Morgan fingerprint density at radius 3 is 2.68 bits per heavy atom. The van der Waals surface area contributed by atoms with Crippen LogP contribution >= 0.6 is 11.3 Å². The maximum absolute atomic E-state index is 8.79. The Labute approximate surface area is 119 Å². The predicted octanol–water partition coefficient (Wildman–Crippen LogP) is 1.62. The number of piperazine rings is 1. The van der Waals surface area contributed by atoms with Crippen molar-refractivity contribution in [2.75, 3.05) is 26.7 Å². The van der Waals surface area contributed by atoms with E-state index >= 15 is 0 Å². The van der Waals surface area contributed by atoms with Gasteiger partial charge in [-0.25, -0.2) is 0 Å². The molecule has 1 fully saturated rings. The van der Waals surface area contributed by atoms with E-state index in [-0.39, 0.29) is 6.61 Å². The summed E-state index contributed by atoms with van der Waals surface area (Å²) >= 11 is 1.76. The number of aliphatic hydroxyl groups excluding tert-OH is 1. The van der Waals surface area contributed by atoms with Gasteiger partial charge in [0.15, 0.2) is 0 Å². The summed E-state index contributed by atoms with van der Waals surface area (Å²) in [7, 11) is 2.20. The molecule has 2 unspecified atom stereocenters. The maximum atomic E-state index is 8.79. The molecule has 1 saturated heterocycles. The number of thiophene rings is 1. The Kier molecular flexibility index (Phi) is 5.00. The molecule has 2 atom stereocenters. The van der Waals surface area contributed by atoms with Crippen LogP contribution in [0.1, 0.15) is 24.3 Å². The van der Waals surface area contributed by atoms with Gasteiger partial charge in [-0.2, -0.15) is 0 Å². The van der Waals surface area contributed by atoms with E-state index < -0.39 is 0 Å². The second-order valence-corrected chi connectivity index (χ2v) is 6.28. The molecule has 0 spiro atoms. The fourth-order valence-electron chi connectivity index (χ4n) is 2.56. The fourth-order valence-corrected chi connectivity index (χ4v) is 3.43. The van der Waals surface area contributed by atoms with Crippen molar-refractivity contribution in [3.05, 3.63) is 21.9 Å². The van der Waals surface area contributed by atoms with Crippen LogP contribution in [-0.2, 0) is 6.54 Å². The minimum atomic E-state index is -0.0716. The van der Waals surface area contributed by atoms with Crippen molar-refractivity contribution in [3.63, 3.8) is 0 Å². The number of rotatable bonds is 2. The molecule has 2 rings (SSSR count). The SMILES string of the molecule is CC1CN(Cc2sccc2C#CCO)CC(C)N1C. The highest BCUT2D eigenvalue weighted by Gasteiger charge is 2.26. The summed E-state index contributed by atoms with van der Waals surface area (Å²) in [6.07, 6.45) is 0. The van der Waals surface area contributed by atoms with E-state index in [4.69, 9.17) is 5.11 Å². The van der Waals surface area contributed by atoms with E-state index in [1.165, 1.54) is 4.88 Å². The van der Waals surface area contributed by atoms with Gasteiger partial charge in [-0.05, 0) is 32.3 Å². The molecule has 1 aromatic rings. The van der Waals surface area contributed by atoms with Crippen LogP contribution in [0.5, 0.6) is 0 Å². The number of nitrogens with zero attached hydrogens (tertiary/aromatic N) is 2. The van der Waals surface area contributed by atoms with E-state index in [2.05, 4.69) is 47.9 Å². The average Bonchev–Trinajstić information content (AvgIpc) is 2.80. The molecule has 0 radical (unpaired) electrons. The van der Waals surface area contributed by atoms with Crippen LogP contribution in [0.3, 0.4) is 0 Å². The van der Waals surface area contributed by atoms with Gasteiger partial charge in [-0.15, -0.1) is 11.3 Å². The number of likely N-dealkylation sites (N-methyl/N-ethyl adjacent to an activating group) is 1. The summed E-state index contributed by atoms with van der Waals surface area (Å²) in [5.41, 5.74) is 1.07. The lowest BCUT2D eigenvalue weighted by Gasteiger charge is -2.42. The third-order valence-electron chi connectivity index (χ3n) is 3.85. The quantitative estimate of drug-likeness (QED) is 0.833. The van der Waals surface area contributed by atoms with Crippen molar-refractivity contribution in [3.8, 4) is 11.8 Å². The van der Waals surface area contributed by atoms with Gasteiger partial charge in [-0.1, -0.05) is 11.8 Å². The molecule has 0 aliphatic carbocycles. The van der Waals surface area contributed by atoms with Crippen LogP contribution in [0.2, 0.25) is 0 Å². The topological polar surface area (TPSA) is 26.7 Å². The first-order chi connectivity index (χ1) is 9.11. The molecule has 0 saturated carbocycles. The lowest BCUT2D eigenvalue weighted by atomic mass is 10.1. The van der Waals surface area contributed by atoms with Crippen LogP contribution in [-0.4, -0.2) is 53.7 Å². The van der Waals surface area contributed by atoms with Crippen LogP contribution in [0, 0.1) is 11.8 Å². The van der Waals surface area contributed by atoms with Gasteiger partial charge in [0.1, 0.15) is 6.61 Å². The highest BCUT2D eigenvalue weighted by Crippen LogP contribution is 2.21. The van der Waals surface area contributed by atoms with Gasteiger partial charge in [0.2, 0.25) is 0 Å². The second kappa shape index (κ2) is 6.53. The smallest absolute Gasteiger partial charge is 0.104 e. The largest absolute Gasteiger partial charge is 0.384 e. The molecule has 0 aromatic carbocycles. The van der Waals surface area contributed by atoms with Crippen LogP contribution in [0.15, 0.2) is 11.4 Å². The molecule has 0 amide bonds. The molecule has 1 N–H and O–H groups in total. The molecular formula is C15H22N2OS. The number of aliphatic hydroxyl groups is 1. The standard InChI is InChI=1S/C15H22N2OS/c1-12-9-17(10-13(2)16(12)3)11-15-14(5-4-7-18)6-8-19-15/h6,8,12-13,18H,7,9-11H2,1-3H3. The van der Waals surface area contributed by atoms with Crippen molar-refractivity contribution in [2.45, 2.75) is 32.5 Å². The Morgan fingerprint density at radius 1 is 1.37 bits per heavy atom. The summed E-state index contributed by atoms with van der Waals surface area (Å²) in [6, 6.07) is 3.23. The van der Waals surface area contributed by atoms with Crippen LogP contribution < -0.4 is 0 Å². The Bertz CT molecular complexity index is 462. The summed E-state index contributed by atoms with van der Waals surface area (Å²) in [5.74, 6) is 5.78. The first-order valence-electron chi connectivity index (χ1n) is 6.72. The normalized spacial score (nSPS) is 25.1. The highest BCUT2D eigenvalue weighted by molar-refractivity contribution is 7.10. The van der Waals surface area contributed by atoms with Crippen molar-refractivity contribution in [1.82, 2.24) is 9.80 Å². The monoisotopic (exact) mass is 278 g/mol. The van der Waals surface area contributed by atoms with E-state index in [9.17, 15) is 0 Å². The molecule has 2 heterocycles. The zero-order valence-electron chi connectivity index (χ0n) is 11.9. The van der Waals surface area contributed by atoms with Gasteiger partial charge in [0.25, 0.3) is 0 Å². The molecule has 0 bridgehead atoms. The summed E-state index contributed by atoms with van der Waals surface area (Å²) in [5, 5.41) is 10.9. The molecule has 1 aromatic heterocycles. The van der Waals surface area contributed by atoms with Gasteiger partial charge < -0.3 is 5.11 Å². The van der Waals surface area contributed by atoms with Crippen molar-refractivity contribution in [1.29, 1.82) is 0 Å². The lowest BCUT2D eigenvalue weighted by molar-refractivity contribution is 0.0562. The molecule has 4 heteroatoms. The van der Waals surface area contributed by atoms with Crippen molar-refractivity contribution in [2.24, 2.45) is 0 Å². The highest BCUT2D eigenvalue weighted by atomic mass is 32.1. The average molecular weight is 278 g/mol. The van der Waals surface area contributed by atoms with E-state index in [0.29, 0.717) is 12.1 Å². The maximum Gasteiger partial charge on any atom is 0.104 e. The third-order valence-corrected chi connectivity index (χ3v) is 4.76. The second-order valence-electron chi connectivity index (χ2n) is 5.27. The van der Waals surface area contributed by atoms with E-state index in [0.717, 1.165) is 25.2 Å². The molecular weight excluding hydrogens is 256 g/mol. The summed E-state index contributed by atoms with van der Waals surface area (Å²) in [4.78, 5) is 6.26. The number of hydrogen-bond donors (Lipinski definition) is 1. The lowest BCUT2D eigenvalue weighted by Crippen LogP contribution is -2.54.